The van der Waals surface area contributed by atoms with Gasteiger partial charge in [0.15, 0.2) is 0 Å². The summed E-state index contributed by atoms with van der Waals surface area (Å²) < 4.78 is 96.2. The van der Waals surface area contributed by atoms with Crippen LogP contribution in [0.2, 0.25) is 0 Å². The molecule has 4 nitrogen and oxygen atoms in total. The summed E-state index contributed by atoms with van der Waals surface area (Å²) in [7, 11) is 0.746. The van der Waals surface area contributed by atoms with Gasteiger partial charge in [-0.1, -0.05) is 0 Å². The first-order valence-corrected chi connectivity index (χ1v) is 7.55. The zero-order valence-electron chi connectivity index (χ0n) is 9.50. The van der Waals surface area contributed by atoms with Gasteiger partial charge in [0, 0.05) is 29.6 Å². The molecule has 0 bridgehead atoms. The van der Waals surface area contributed by atoms with Crippen molar-refractivity contribution < 1.29 is 39.6 Å². The lowest BCUT2D eigenvalue weighted by molar-refractivity contribution is -0.282. The summed E-state index contributed by atoms with van der Waals surface area (Å²) in [6.45, 7) is -0.964. The molecule has 0 aromatic carbocycles. The van der Waals surface area contributed by atoms with Crippen molar-refractivity contribution in [2.45, 2.75) is 24.8 Å². The Morgan fingerprint density at radius 2 is 1.65 bits per heavy atom. The van der Waals surface area contributed by atoms with Crippen molar-refractivity contribution in [1.29, 1.82) is 0 Å². The van der Waals surface area contributed by atoms with E-state index in [-0.39, 0.29) is 0 Å². The molecule has 1 aliphatic heterocycles. The van der Waals surface area contributed by atoms with Crippen molar-refractivity contribution in [3.63, 3.8) is 0 Å². The van der Waals surface area contributed by atoms with E-state index in [0.29, 0.717) is 0 Å². The highest BCUT2D eigenvalue weighted by Crippen LogP contribution is 2.40. The van der Waals surface area contributed by atoms with Crippen molar-refractivity contribution in [3.8, 4) is 0 Å². The molecule has 1 rings (SSSR count). The SMILES string of the molecule is O=C1CC(CS(=O)(=O)Cl)CN1C(C(F)(F)F)C(F)(F)F. The van der Waals surface area contributed by atoms with Gasteiger partial charge in [-0.2, -0.15) is 26.3 Å². The molecule has 0 radical (unpaired) electrons. The molecule has 118 valence electrons. The van der Waals surface area contributed by atoms with E-state index in [4.69, 9.17) is 10.7 Å². The molecule has 0 aromatic heterocycles. The molecule has 1 unspecified atom stereocenters. The van der Waals surface area contributed by atoms with Gasteiger partial charge in [0.05, 0.1) is 5.75 Å². The van der Waals surface area contributed by atoms with Crippen molar-refractivity contribution in [3.05, 3.63) is 0 Å². The minimum atomic E-state index is -5.69. The van der Waals surface area contributed by atoms with Gasteiger partial charge in [-0.25, -0.2) is 8.42 Å². The Labute approximate surface area is 114 Å². The Bertz CT molecular complexity index is 473. The highest BCUT2D eigenvalue weighted by molar-refractivity contribution is 8.13. The lowest BCUT2D eigenvalue weighted by atomic mass is 10.1. The molecule has 1 amide bonds. The number of hydrogen-bond donors (Lipinski definition) is 0. The van der Waals surface area contributed by atoms with Crippen LogP contribution in [0.25, 0.3) is 0 Å². The number of halogens is 7. The molecule has 0 spiro atoms. The van der Waals surface area contributed by atoms with Gasteiger partial charge in [0.2, 0.25) is 21.0 Å². The van der Waals surface area contributed by atoms with Crippen LogP contribution in [0.15, 0.2) is 0 Å². The van der Waals surface area contributed by atoms with Crippen LogP contribution in [0, 0.1) is 5.92 Å². The molecule has 1 saturated heterocycles. The van der Waals surface area contributed by atoms with Crippen molar-refractivity contribution in [1.82, 2.24) is 4.90 Å². The second kappa shape index (κ2) is 5.24. The van der Waals surface area contributed by atoms with Crippen LogP contribution in [-0.4, -0.2) is 49.9 Å². The van der Waals surface area contributed by atoms with E-state index in [9.17, 15) is 39.6 Å². The summed E-state index contributed by atoms with van der Waals surface area (Å²) in [6.07, 6.45) is -12.1. The highest BCUT2D eigenvalue weighted by atomic mass is 35.7. The van der Waals surface area contributed by atoms with Gasteiger partial charge >= 0.3 is 12.4 Å². The van der Waals surface area contributed by atoms with E-state index < -0.39 is 62.9 Å². The predicted molar refractivity (Wildman–Crippen MR) is 55.4 cm³/mol. The summed E-state index contributed by atoms with van der Waals surface area (Å²) in [5, 5.41) is 0. The maximum Gasteiger partial charge on any atom is 0.417 e. The average molecular weight is 348 g/mol. The van der Waals surface area contributed by atoms with E-state index in [1.54, 1.807) is 0 Å². The summed E-state index contributed by atoms with van der Waals surface area (Å²) >= 11 is 0. The van der Waals surface area contributed by atoms with E-state index >= 15 is 0 Å². The zero-order valence-corrected chi connectivity index (χ0v) is 11.1. The van der Waals surface area contributed by atoms with Crippen molar-refractivity contribution >= 4 is 25.6 Å². The first-order chi connectivity index (χ1) is 8.72. The van der Waals surface area contributed by atoms with Crippen LogP contribution >= 0.6 is 10.7 Å². The van der Waals surface area contributed by atoms with Crippen LogP contribution in [0.5, 0.6) is 0 Å². The van der Waals surface area contributed by atoms with Crippen LogP contribution < -0.4 is 0 Å². The second-order valence-corrected chi connectivity index (χ2v) is 7.13. The van der Waals surface area contributed by atoms with E-state index in [1.807, 2.05) is 0 Å². The molecule has 0 aliphatic carbocycles. The lowest BCUT2D eigenvalue weighted by Gasteiger charge is -2.31. The van der Waals surface area contributed by atoms with Gasteiger partial charge in [0.25, 0.3) is 0 Å². The van der Waals surface area contributed by atoms with Crippen LogP contribution in [0.4, 0.5) is 26.3 Å². The standard InChI is InChI=1S/C8H8ClF6NO3S/c9-20(18,19)3-4-1-5(17)16(2-4)6(7(10,11)12)8(13,14)15/h4,6H,1-3H2. The first-order valence-electron chi connectivity index (χ1n) is 5.07. The Kier molecular flexibility index (Phi) is 4.55. The summed E-state index contributed by atoms with van der Waals surface area (Å²) in [6, 6.07) is -3.94. The average Bonchev–Trinajstić information content (AvgIpc) is 2.37. The minimum absolute atomic E-state index is 0.396. The van der Waals surface area contributed by atoms with E-state index in [1.165, 1.54) is 0 Å². The van der Waals surface area contributed by atoms with E-state index in [2.05, 4.69) is 0 Å². The van der Waals surface area contributed by atoms with Crippen molar-refractivity contribution in [2.24, 2.45) is 5.92 Å². The van der Waals surface area contributed by atoms with Crippen LogP contribution in [0.1, 0.15) is 6.42 Å². The monoisotopic (exact) mass is 347 g/mol. The molecule has 1 atom stereocenters. The van der Waals surface area contributed by atoms with Gasteiger partial charge in [-0.15, -0.1) is 0 Å². The number of amides is 1. The smallest absolute Gasteiger partial charge is 0.323 e. The van der Waals surface area contributed by atoms with Gasteiger partial charge in [-0.05, 0) is 0 Å². The molecule has 1 fully saturated rings. The van der Waals surface area contributed by atoms with Crippen molar-refractivity contribution in [2.75, 3.05) is 12.3 Å². The summed E-state index contributed by atoms with van der Waals surface area (Å²) in [5.74, 6) is -3.47. The quantitative estimate of drug-likeness (QED) is 0.579. The maximum atomic E-state index is 12.4. The Morgan fingerprint density at radius 1 is 1.20 bits per heavy atom. The number of carbonyl (C=O) groups excluding carboxylic acids is 1. The third-order valence-corrected chi connectivity index (χ3v) is 3.85. The molecule has 12 heteroatoms. The second-order valence-electron chi connectivity index (χ2n) is 4.31. The van der Waals surface area contributed by atoms with E-state index in [0.717, 1.165) is 0 Å². The maximum absolute atomic E-state index is 12.4. The zero-order chi connectivity index (χ0) is 15.9. The largest absolute Gasteiger partial charge is 0.417 e. The summed E-state index contributed by atoms with van der Waals surface area (Å²) in [5.41, 5.74) is 0. The highest BCUT2D eigenvalue weighted by Gasteiger charge is 2.62. The fourth-order valence-corrected chi connectivity index (χ4v) is 3.31. The fraction of sp³-hybridized carbons (Fsp3) is 0.875. The Hall–Kier alpha value is -0.710. The fourth-order valence-electron chi connectivity index (χ4n) is 1.99. The Balaban J connectivity index is 2.98. The number of likely N-dealkylation sites (tertiary alicyclic amines) is 1. The molecule has 1 heterocycles. The molecule has 0 aromatic rings. The van der Waals surface area contributed by atoms with Crippen LogP contribution in [0.3, 0.4) is 0 Å². The summed E-state index contributed by atoms with van der Waals surface area (Å²) in [4.78, 5) is 10.9. The third-order valence-electron chi connectivity index (χ3n) is 2.61. The number of nitrogens with zero attached hydrogens (tertiary/aromatic N) is 1. The number of carbonyl (C=O) groups is 1. The molecule has 0 saturated carbocycles. The predicted octanol–water partition coefficient (Wildman–Crippen LogP) is 1.90. The number of alkyl halides is 6. The Morgan fingerprint density at radius 3 is 2.00 bits per heavy atom. The molecular formula is C8H8ClF6NO3S. The third kappa shape index (κ3) is 4.40. The van der Waals surface area contributed by atoms with Gasteiger partial charge in [0.1, 0.15) is 0 Å². The topological polar surface area (TPSA) is 54.5 Å². The van der Waals surface area contributed by atoms with Crippen LogP contribution in [-0.2, 0) is 13.8 Å². The molecule has 1 aliphatic rings. The van der Waals surface area contributed by atoms with Gasteiger partial charge < -0.3 is 4.90 Å². The molecular weight excluding hydrogens is 340 g/mol. The van der Waals surface area contributed by atoms with Gasteiger partial charge in [-0.3, -0.25) is 4.79 Å². The lowest BCUT2D eigenvalue weighted by Crippen LogP contribution is -2.55. The number of rotatable bonds is 3. The normalized spacial score (nSPS) is 21.9. The first kappa shape index (κ1) is 17.3. The minimum Gasteiger partial charge on any atom is -0.323 e. The molecule has 20 heavy (non-hydrogen) atoms. The molecule has 0 N–H and O–H groups in total. The number of hydrogen-bond acceptors (Lipinski definition) is 3.